The smallest absolute Gasteiger partial charge is 0.322 e. The number of rotatable bonds is 5. The molecule has 3 aromatic rings. The van der Waals surface area contributed by atoms with Gasteiger partial charge in [0.15, 0.2) is 0 Å². The number of hydrogen-bond donors (Lipinski definition) is 2. The van der Waals surface area contributed by atoms with Crippen molar-refractivity contribution in [2.45, 2.75) is 20.4 Å². The second-order valence-electron chi connectivity index (χ2n) is 6.87. The molecule has 0 saturated heterocycles. The maximum atomic E-state index is 12.8. The van der Waals surface area contributed by atoms with Crippen LogP contribution in [0.5, 0.6) is 0 Å². The summed E-state index contributed by atoms with van der Waals surface area (Å²) >= 11 is 0. The number of benzene rings is 2. The van der Waals surface area contributed by atoms with Crippen molar-refractivity contribution in [1.29, 1.82) is 0 Å². The maximum absolute atomic E-state index is 12.8. The van der Waals surface area contributed by atoms with Gasteiger partial charge in [0, 0.05) is 32.0 Å². The number of nitrogens with zero attached hydrogens (tertiary/aromatic N) is 3. The molecule has 146 valence electrons. The van der Waals surface area contributed by atoms with Crippen LogP contribution in [-0.4, -0.2) is 41.5 Å². The number of aromatic nitrogens is 2. The molecule has 28 heavy (non-hydrogen) atoms. The van der Waals surface area contributed by atoms with E-state index in [-0.39, 0.29) is 18.1 Å². The van der Waals surface area contributed by atoms with E-state index in [9.17, 15) is 9.59 Å². The fourth-order valence-corrected chi connectivity index (χ4v) is 2.98. The summed E-state index contributed by atoms with van der Waals surface area (Å²) in [5.74, 6) is 0.459. The Kier molecular flexibility index (Phi) is 5.63. The number of aromatic amines is 1. The van der Waals surface area contributed by atoms with E-state index in [2.05, 4.69) is 15.3 Å². The molecule has 2 N–H and O–H groups in total. The van der Waals surface area contributed by atoms with Gasteiger partial charge >= 0.3 is 6.03 Å². The number of hydrogen-bond acceptors (Lipinski definition) is 4. The van der Waals surface area contributed by atoms with Crippen molar-refractivity contribution in [3.8, 4) is 0 Å². The molecule has 0 aliphatic rings. The second-order valence-corrected chi connectivity index (χ2v) is 6.87. The van der Waals surface area contributed by atoms with Crippen molar-refractivity contribution >= 4 is 28.3 Å². The molecule has 2 aromatic carbocycles. The molecule has 0 aliphatic heterocycles. The number of carbonyl (C=O) groups is 1. The van der Waals surface area contributed by atoms with Gasteiger partial charge in [0.25, 0.3) is 5.56 Å². The van der Waals surface area contributed by atoms with Crippen LogP contribution in [0.15, 0.2) is 47.3 Å². The lowest BCUT2D eigenvalue weighted by atomic mass is 10.1. The van der Waals surface area contributed by atoms with Gasteiger partial charge in [0.1, 0.15) is 5.82 Å². The first kappa shape index (κ1) is 19.4. The zero-order valence-electron chi connectivity index (χ0n) is 16.6. The molecule has 7 heteroatoms. The van der Waals surface area contributed by atoms with Gasteiger partial charge in [-0.25, -0.2) is 9.78 Å². The van der Waals surface area contributed by atoms with E-state index in [0.717, 1.165) is 16.9 Å². The Bertz CT molecular complexity index is 1060. The van der Waals surface area contributed by atoms with Crippen molar-refractivity contribution in [1.82, 2.24) is 14.9 Å². The van der Waals surface area contributed by atoms with E-state index in [0.29, 0.717) is 23.3 Å². The number of H-pyrrole nitrogens is 1. The lowest BCUT2D eigenvalue weighted by Gasteiger charge is -2.22. The van der Waals surface area contributed by atoms with Gasteiger partial charge in [-0.1, -0.05) is 12.1 Å². The summed E-state index contributed by atoms with van der Waals surface area (Å²) in [6.45, 7) is 4.55. The van der Waals surface area contributed by atoms with Crippen molar-refractivity contribution in [3.05, 3.63) is 64.2 Å². The van der Waals surface area contributed by atoms with E-state index in [1.54, 1.807) is 23.1 Å². The van der Waals surface area contributed by atoms with Gasteiger partial charge in [0.05, 0.1) is 17.4 Å². The Hall–Kier alpha value is -3.35. The van der Waals surface area contributed by atoms with Crippen LogP contribution in [0.3, 0.4) is 0 Å². The van der Waals surface area contributed by atoms with Crippen molar-refractivity contribution in [3.63, 3.8) is 0 Å². The van der Waals surface area contributed by atoms with E-state index in [1.165, 1.54) is 0 Å². The summed E-state index contributed by atoms with van der Waals surface area (Å²) < 4.78 is 0. The van der Waals surface area contributed by atoms with E-state index >= 15 is 0 Å². The third kappa shape index (κ3) is 4.14. The molecule has 7 nitrogen and oxygen atoms in total. The quantitative estimate of drug-likeness (QED) is 0.712. The Morgan fingerprint density at radius 3 is 2.61 bits per heavy atom. The highest BCUT2D eigenvalue weighted by atomic mass is 16.2. The Balaban J connectivity index is 1.78. The minimum atomic E-state index is -0.237. The first-order chi connectivity index (χ1) is 13.4. The summed E-state index contributed by atoms with van der Waals surface area (Å²) in [5.41, 5.74) is 3.22. The number of urea groups is 1. The van der Waals surface area contributed by atoms with Crippen molar-refractivity contribution in [2.24, 2.45) is 0 Å². The van der Waals surface area contributed by atoms with Crippen molar-refractivity contribution < 1.29 is 4.79 Å². The van der Waals surface area contributed by atoms with Gasteiger partial charge in [-0.2, -0.15) is 0 Å². The van der Waals surface area contributed by atoms with E-state index < -0.39 is 0 Å². The lowest BCUT2D eigenvalue weighted by molar-refractivity contribution is 0.210. The van der Waals surface area contributed by atoms with E-state index in [1.807, 2.05) is 57.1 Å². The third-order valence-electron chi connectivity index (χ3n) is 4.64. The largest absolute Gasteiger partial charge is 0.378 e. The summed E-state index contributed by atoms with van der Waals surface area (Å²) in [6.07, 6.45) is 0. The molecule has 0 atom stereocenters. The van der Waals surface area contributed by atoms with Gasteiger partial charge < -0.3 is 20.1 Å². The topological polar surface area (TPSA) is 81.3 Å². The van der Waals surface area contributed by atoms with Crippen LogP contribution in [0.1, 0.15) is 18.3 Å². The monoisotopic (exact) mass is 379 g/mol. The summed E-state index contributed by atoms with van der Waals surface area (Å²) in [6, 6.07) is 12.8. The predicted molar refractivity (Wildman–Crippen MR) is 113 cm³/mol. The zero-order chi connectivity index (χ0) is 20.3. The van der Waals surface area contributed by atoms with Crippen LogP contribution in [-0.2, 0) is 6.54 Å². The summed E-state index contributed by atoms with van der Waals surface area (Å²) in [5, 5.41) is 3.49. The molecule has 0 spiro atoms. The van der Waals surface area contributed by atoms with Gasteiger partial charge in [0.2, 0.25) is 0 Å². The molecule has 0 saturated carbocycles. The Morgan fingerprint density at radius 2 is 1.93 bits per heavy atom. The molecule has 0 aliphatic carbocycles. The molecular formula is C21H25N5O2. The number of anilines is 2. The lowest BCUT2D eigenvalue weighted by Crippen LogP contribution is -2.35. The van der Waals surface area contributed by atoms with Crippen LogP contribution >= 0.6 is 0 Å². The minimum Gasteiger partial charge on any atom is -0.378 e. The maximum Gasteiger partial charge on any atom is 0.322 e. The van der Waals surface area contributed by atoms with Crippen LogP contribution in [0, 0.1) is 6.92 Å². The van der Waals surface area contributed by atoms with Crippen LogP contribution in [0.25, 0.3) is 10.9 Å². The number of carbonyl (C=O) groups excluding carboxylic acids is 1. The highest BCUT2D eigenvalue weighted by Crippen LogP contribution is 2.21. The number of nitrogens with one attached hydrogen (secondary N) is 2. The predicted octanol–water partition coefficient (Wildman–Crippen LogP) is 3.35. The molecule has 3 rings (SSSR count). The number of fused-ring (bicyclic) bond motifs is 1. The van der Waals surface area contributed by atoms with Gasteiger partial charge in [-0.15, -0.1) is 0 Å². The molecule has 0 radical (unpaired) electrons. The number of aryl methyl sites for hydroxylation is 1. The third-order valence-corrected chi connectivity index (χ3v) is 4.64. The van der Waals surface area contributed by atoms with Gasteiger partial charge in [-0.05, 0) is 49.7 Å². The van der Waals surface area contributed by atoms with Crippen LogP contribution in [0.2, 0.25) is 0 Å². The highest BCUT2D eigenvalue weighted by molar-refractivity contribution is 5.90. The summed E-state index contributed by atoms with van der Waals surface area (Å²) in [4.78, 5) is 35.9. The SMILES string of the molecule is CCN(Cc1nc2ccccc2c(=O)[nH]1)C(=O)Nc1ccc(N(C)C)cc1C. The van der Waals surface area contributed by atoms with Crippen LogP contribution in [0.4, 0.5) is 16.2 Å². The van der Waals surface area contributed by atoms with Crippen molar-refractivity contribution in [2.75, 3.05) is 30.9 Å². The van der Waals surface area contributed by atoms with Crippen LogP contribution < -0.4 is 15.8 Å². The molecule has 0 unspecified atom stereocenters. The number of amides is 2. The second kappa shape index (κ2) is 8.12. The van der Waals surface area contributed by atoms with E-state index in [4.69, 9.17) is 0 Å². The zero-order valence-corrected chi connectivity index (χ0v) is 16.6. The molecule has 1 aromatic heterocycles. The average molecular weight is 379 g/mol. The standard InChI is InChI=1S/C21H25N5O2/c1-5-26(13-19-22-18-9-7-6-8-16(18)20(27)24-19)21(28)23-17-11-10-15(25(3)4)12-14(17)2/h6-12H,5,13H2,1-4H3,(H,23,28)(H,22,24,27). The minimum absolute atomic E-state index is 0.202. The first-order valence-electron chi connectivity index (χ1n) is 9.21. The fourth-order valence-electron chi connectivity index (χ4n) is 2.98. The summed E-state index contributed by atoms with van der Waals surface area (Å²) in [7, 11) is 3.95. The Labute approximate surface area is 164 Å². The molecule has 0 bridgehead atoms. The highest BCUT2D eigenvalue weighted by Gasteiger charge is 2.15. The average Bonchev–Trinajstić information content (AvgIpc) is 2.67. The molecular weight excluding hydrogens is 354 g/mol. The van der Waals surface area contributed by atoms with Gasteiger partial charge in [-0.3, -0.25) is 4.79 Å². The Morgan fingerprint density at radius 1 is 1.18 bits per heavy atom. The first-order valence-corrected chi connectivity index (χ1v) is 9.21. The normalized spacial score (nSPS) is 10.7. The number of para-hydroxylation sites is 1. The molecule has 2 amide bonds. The molecule has 1 heterocycles. The fraction of sp³-hybridized carbons (Fsp3) is 0.286. The molecule has 0 fully saturated rings.